The Bertz CT molecular complexity index is 1170. The van der Waals surface area contributed by atoms with Gasteiger partial charge in [-0.25, -0.2) is 4.79 Å². The molecule has 0 bridgehead atoms. The van der Waals surface area contributed by atoms with Gasteiger partial charge in [0.2, 0.25) is 17.7 Å². The van der Waals surface area contributed by atoms with Crippen LogP contribution >= 0.6 is 11.8 Å². The van der Waals surface area contributed by atoms with Gasteiger partial charge in [0.05, 0.1) is 12.5 Å². The fraction of sp³-hybridized carbons (Fsp3) is 0.500. The summed E-state index contributed by atoms with van der Waals surface area (Å²) in [6.45, 7) is 3.63. The molecule has 2 aromatic rings. The fourth-order valence-electron chi connectivity index (χ4n) is 4.03. The molecule has 1 heterocycles. The number of carboxylic acids is 2. The van der Waals surface area contributed by atoms with E-state index in [1.54, 1.807) is 6.20 Å². The van der Waals surface area contributed by atoms with Crippen molar-refractivity contribution in [3.63, 3.8) is 0 Å². The summed E-state index contributed by atoms with van der Waals surface area (Å²) in [5, 5.41) is 27.0. The molecule has 8 N–H and O–H groups in total. The van der Waals surface area contributed by atoms with Crippen LogP contribution in [0.3, 0.4) is 0 Å². The standard InChI is InChI=1S/C26H37N5O7S/c1-14(2)10-20(24(35)29-19(26(37)38)8-9-39-3)31-25(36)21(12-22(32)33)30-23(34)17(27)11-15-13-28-18-7-5-4-6-16(15)18/h4-7,13-14,17,19-21,28H,8-12,27H2,1-3H3,(H,29,35)(H,30,34)(H,31,36)(H,32,33)(H,37,38). The Morgan fingerprint density at radius 1 is 0.949 bits per heavy atom. The predicted octanol–water partition coefficient (Wildman–Crippen LogP) is 0.851. The van der Waals surface area contributed by atoms with Gasteiger partial charge in [-0.3, -0.25) is 19.2 Å². The third-order valence-corrected chi connectivity index (χ3v) is 6.67. The van der Waals surface area contributed by atoms with Gasteiger partial charge in [-0.05, 0) is 48.8 Å². The van der Waals surface area contributed by atoms with Crippen molar-refractivity contribution in [2.24, 2.45) is 11.7 Å². The highest BCUT2D eigenvalue weighted by atomic mass is 32.2. The summed E-state index contributed by atoms with van der Waals surface area (Å²) in [5.74, 6) is -4.42. The quantitative estimate of drug-likeness (QED) is 0.154. The third kappa shape index (κ3) is 9.91. The molecule has 2 rings (SSSR count). The van der Waals surface area contributed by atoms with Crippen molar-refractivity contribution in [2.45, 2.75) is 63.7 Å². The van der Waals surface area contributed by atoms with Gasteiger partial charge >= 0.3 is 11.9 Å². The molecule has 214 valence electrons. The van der Waals surface area contributed by atoms with Gasteiger partial charge in [0, 0.05) is 17.1 Å². The number of hydrogen-bond donors (Lipinski definition) is 7. The number of thioether (sulfide) groups is 1. The van der Waals surface area contributed by atoms with E-state index in [0.29, 0.717) is 5.75 Å². The Labute approximate surface area is 230 Å². The van der Waals surface area contributed by atoms with Crippen LogP contribution in [0.25, 0.3) is 10.9 Å². The summed E-state index contributed by atoms with van der Waals surface area (Å²) >= 11 is 1.43. The minimum atomic E-state index is -1.50. The number of aromatic nitrogens is 1. The summed E-state index contributed by atoms with van der Waals surface area (Å²) in [6.07, 6.45) is 3.31. The normalized spacial score (nSPS) is 14.3. The van der Waals surface area contributed by atoms with Crippen molar-refractivity contribution in [3.8, 4) is 0 Å². The van der Waals surface area contributed by atoms with Crippen molar-refractivity contribution in [1.82, 2.24) is 20.9 Å². The summed E-state index contributed by atoms with van der Waals surface area (Å²) < 4.78 is 0. The Kier molecular flexibility index (Phi) is 12.3. The SMILES string of the molecule is CSCCC(NC(=O)C(CC(C)C)NC(=O)C(CC(=O)O)NC(=O)C(N)Cc1c[nH]c2ccccc12)C(=O)O. The van der Waals surface area contributed by atoms with E-state index in [4.69, 9.17) is 5.73 Å². The van der Waals surface area contributed by atoms with E-state index < -0.39 is 60.2 Å². The van der Waals surface area contributed by atoms with E-state index in [1.165, 1.54) is 11.8 Å². The van der Waals surface area contributed by atoms with E-state index >= 15 is 0 Å². The number of nitrogens with one attached hydrogen (secondary N) is 4. The Hall–Kier alpha value is -3.58. The number of aliphatic carboxylic acids is 2. The minimum Gasteiger partial charge on any atom is -0.481 e. The van der Waals surface area contributed by atoms with E-state index in [9.17, 15) is 34.2 Å². The molecule has 4 atom stereocenters. The smallest absolute Gasteiger partial charge is 0.326 e. The molecule has 0 spiro atoms. The Balaban J connectivity index is 2.12. The van der Waals surface area contributed by atoms with Gasteiger partial charge in [0.25, 0.3) is 0 Å². The van der Waals surface area contributed by atoms with Crippen LogP contribution < -0.4 is 21.7 Å². The number of rotatable bonds is 16. The van der Waals surface area contributed by atoms with Crippen LogP contribution in [0.4, 0.5) is 0 Å². The molecule has 1 aromatic heterocycles. The molecule has 3 amide bonds. The number of carboxylic acid groups (broad SMARTS) is 2. The summed E-state index contributed by atoms with van der Waals surface area (Å²) in [7, 11) is 0. The predicted molar refractivity (Wildman–Crippen MR) is 148 cm³/mol. The number of nitrogens with two attached hydrogens (primary N) is 1. The molecular formula is C26H37N5O7S. The zero-order valence-corrected chi connectivity index (χ0v) is 23.0. The lowest BCUT2D eigenvalue weighted by atomic mass is 10.0. The van der Waals surface area contributed by atoms with E-state index in [0.717, 1.165) is 16.5 Å². The number of carbonyl (C=O) groups is 5. The second-order valence-corrected chi connectivity index (χ2v) is 10.7. The summed E-state index contributed by atoms with van der Waals surface area (Å²) in [5.41, 5.74) is 7.75. The van der Waals surface area contributed by atoms with Gasteiger partial charge in [0.15, 0.2) is 0 Å². The number of fused-ring (bicyclic) bond motifs is 1. The maximum absolute atomic E-state index is 13.1. The van der Waals surface area contributed by atoms with Gasteiger partial charge in [-0.2, -0.15) is 11.8 Å². The van der Waals surface area contributed by atoms with Crippen LogP contribution in [0.15, 0.2) is 30.5 Å². The number of H-pyrrole nitrogens is 1. The van der Waals surface area contributed by atoms with Gasteiger partial charge in [-0.1, -0.05) is 32.0 Å². The van der Waals surface area contributed by atoms with Crippen molar-refractivity contribution in [1.29, 1.82) is 0 Å². The highest BCUT2D eigenvalue weighted by molar-refractivity contribution is 7.98. The molecule has 0 fully saturated rings. The van der Waals surface area contributed by atoms with Crippen LogP contribution in [-0.2, 0) is 30.4 Å². The highest BCUT2D eigenvalue weighted by Crippen LogP contribution is 2.19. The van der Waals surface area contributed by atoms with E-state index in [-0.39, 0.29) is 25.2 Å². The maximum atomic E-state index is 13.1. The number of carbonyl (C=O) groups excluding carboxylic acids is 3. The average Bonchev–Trinajstić information content (AvgIpc) is 3.27. The average molecular weight is 564 g/mol. The Morgan fingerprint density at radius 2 is 1.56 bits per heavy atom. The topological polar surface area (TPSA) is 204 Å². The van der Waals surface area contributed by atoms with Crippen LogP contribution in [0.2, 0.25) is 0 Å². The minimum absolute atomic E-state index is 0.0624. The zero-order valence-electron chi connectivity index (χ0n) is 22.2. The van der Waals surface area contributed by atoms with E-state index in [1.807, 2.05) is 44.4 Å². The van der Waals surface area contributed by atoms with E-state index in [2.05, 4.69) is 20.9 Å². The lowest BCUT2D eigenvalue weighted by molar-refractivity contribution is -0.143. The number of hydrogen-bond acceptors (Lipinski definition) is 7. The summed E-state index contributed by atoms with van der Waals surface area (Å²) in [6, 6.07) is 2.61. The Morgan fingerprint density at radius 3 is 2.18 bits per heavy atom. The van der Waals surface area contributed by atoms with Crippen molar-refractivity contribution < 1.29 is 34.2 Å². The van der Waals surface area contributed by atoms with Crippen LogP contribution in [0, 0.1) is 5.92 Å². The maximum Gasteiger partial charge on any atom is 0.326 e. The molecule has 0 saturated heterocycles. The summed E-state index contributed by atoms with van der Waals surface area (Å²) in [4.78, 5) is 65.0. The first kappa shape index (κ1) is 31.6. The largest absolute Gasteiger partial charge is 0.481 e. The second-order valence-electron chi connectivity index (χ2n) is 9.70. The molecule has 12 nitrogen and oxygen atoms in total. The third-order valence-electron chi connectivity index (χ3n) is 6.03. The molecular weight excluding hydrogens is 526 g/mol. The molecule has 13 heteroatoms. The lowest BCUT2D eigenvalue weighted by Crippen LogP contribution is -2.57. The molecule has 4 unspecified atom stereocenters. The van der Waals surface area contributed by atoms with Crippen molar-refractivity contribution in [2.75, 3.05) is 12.0 Å². The van der Waals surface area contributed by atoms with Crippen molar-refractivity contribution in [3.05, 3.63) is 36.0 Å². The monoisotopic (exact) mass is 563 g/mol. The van der Waals surface area contributed by atoms with Crippen LogP contribution in [0.1, 0.15) is 38.7 Å². The number of aromatic amines is 1. The second kappa shape index (κ2) is 15.1. The zero-order chi connectivity index (χ0) is 29.1. The molecule has 0 aliphatic rings. The van der Waals surface area contributed by atoms with Gasteiger partial charge < -0.3 is 36.9 Å². The number of para-hydroxylation sites is 1. The highest BCUT2D eigenvalue weighted by Gasteiger charge is 2.32. The first-order chi connectivity index (χ1) is 18.4. The molecule has 1 aromatic carbocycles. The van der Waals surface area contributed by atoms with Crippen LogP contribution in [0.5, 0.6) is 0 Å². The van der Waals surface area contributed by atoms with Gasteiger partial charge in [-0.15, -0.1) is 0 Å². The molecule has 0 aliphatic heterocycles. The molecule has 0 radical (unpaired) electrons. The molecule has 39 heavy (non-hydrogen) atoms. The molecule has 0 aliphatic carbocycles. The fourth-order valence-corrected chi connectivity index (χ4v) is 4.50. The molecule has 0 saturated carbocycles. The van der Waals surface area contributed by atoms with Crippen LogP contribution in [-0.4, -0.2) is 81.0 Å². The lowest BCUT2D eigenvalue weighted by Gasteiger charge is -2.25. The first-order valence-electron chi connectivity index (χ1n) is 12.6. The number of benzene rings is 1. The van der Waals surface area contributed by atoms with Crippen molar-refractivity contribution >= 4 is 52.3 Å². The van der Waals surface area contributed by atoms with Gasteiger partial charge in [0.1, 0.15) is 18.1 Å². The first-order valence-corrected chi connectivity index (χ1v) is 14.0. The number of amides is 3.